The van der Waals surface area contributed by atoms with Gasteiger partial charge in [0.05, 0.1) is 0 Å². The molecule has 0 saturated carbocycles. The predicted octanol–water partition coefficient (Wildman–Crippen LogP) is 4.91. The van der Waals surface area contributed by atoms with E-state index >= 15 is 0 Å². The minimum Gasteiger partial charge on any atom is -0.126 e. The van der Waals surface area contributed by atoms with Crippen LogP contribution in [0.5, 0.6) is 0 Å². The fraction of sp³-hybridized carbons (Fsp3) is 0.100. The smallest absolute Gasteiger partial charge is 0.0114 e. The maximum absolute atomic E-state index is 6.25. The van der Waals surface area contributed by atoms with Crippen molar-refractivity contribution < 1.29 is 0 Å². The Kier molecular flexibility index (Phi) is 5.72. The molecule has 0 amide bonds. The van der Waals surface area contributed by atoms with Crippen molar-refractivity contribution in [3.63, 3.8) is 0 Å². The summed E-state index contributed by atoms with van der Waals surface area (Å²) in [5.74, 6) is 1.05. The molecular weight excluding hydrogens is 335 g/mol. The summed E-state index contributed by atoms with van der Waals surface area (Å²) in [4.78, 5) is 1.31. The Balaban J connectivity index is 1.83. The number of benzene rings is 3. The Hall–Kier alpha value is -1.34. The first-order valence-corrected chi connectivity index (χ1v) is 11.6. The van der Waals surface area contributed by atoms with Crippen molar-refractivity contribution in [2.45, 2.75) is 4.90 Å². The minimum absolute atomic E-state index is 1.04. The van der Waals surface area contributed by atoms with Crippen LogP contribution in [0, 0.1) is 0 Å². The lowest BCUT2D eigenvalue weighted by Gasteiger charge is -2.23. The highest BCUT2D eigenvalue weighted by Crippen LogP contribution is 2.44. The van der Waals surface area contributed by atoms with Gasteiger partial charge in [0.1, 0.15) is 0 Å². The maximum Gasteiger partial charge on any atom is 0.0114 e. The monoisotopic (exact) mass is 354 g/mol. The number of hydrogen-bond acceptors (Lipinski definition) is 2. The molecule has 0 radical (unpaired) electrons. The summed E-state index contributed by atoms with van der Waals surface area (Å²) in [6, 6.07) is 30.1. The van der Waals surface area contributed by atoms with Crippen molar-refractivity contribution in [3.8, 4) is 0 Å². The molecule has 0 aliphatic carbocycles. The Morgan fingerprint density at radius 3 is 1.57 bits per heavy atom. The van der Waals surface area contributed by atoms with Crippen molar-refractivity contribution in [2.24, 2.45) is 0 Å². The van der Waals surface area contributed by atoms with Crippen molar-refractivity contribution in [2.75, 3.05) is 11.9 Å². The van der Waals surface area contributed by atoms with Gasteiger partial charge >= 0.3 is 0 Å². The van der Waals surface area contributed by atoms with E-state index in [1.54, 1.807) is 0 Å². The molecule has 3 rings (SSSR count). The van der Waals surface area contributed by atoms with E-state index in [1.807, 2.05) is 11.8 Å². The van der Waals surface area contributed by atoms with Crippen LogP contribution in [0.3, 0.4) is 0 Å². The minimum atomic E-state index is -1.75. The molecule has 0 fully saturated rings. The average Bonchev–Trinajstić information content (AvgIpc) is 2.64. The van der Waals surface area contributed by atoms with Crippen LogP contribution in [0.25, 0.3) is 0 Å². The summed E-state index contributed by atoms with van der Waals surface area (Å²) in [5, 5.41) is 2.63. The Bertz CT molecular complexity index is 727. The average molecular weight is 354 g/mol. The molecule has 0 heterocycles. The Morgan fingerprint density at radius 1 is 0.652 bits per heavy atom. The molecule has 3 aromatic carbocycles. The third-order valence-electron chi connectivity index (χ3n) is 3.76. The van der Waals surface area contributed by atoms with E-state index in [0.717, 1.165) is 11.9 Å². The van der Waals surface area contributed by atoms with E-state index in [1.165, 1.54) is 15.5 Å². The summed E-state index contributed by atoms with van der Waals surface area (Å²) >= 11 is 8.15. The molecule has 0 spiro atoms. The molecule has 0 saturated heterocycles. The molecule has 0 N–H and O–H groups in total. The second kappa shape index (κ2) is 7.97. The van der Waals surface area contributed by atoms with Gasteiger partial charge in [0.15, 0.2) is 0 Å². The lowest BCUT2D eigenvalue weighted by molar-refractivity contribution is 1.43. The van der Waals surface area contributed by atoms with E-state index in [-0.39, 0.29) is 0 Å². The van der Waals surface area contributed by atoms with E-state index in [2.05, 4.69) is 91.0 Å². The highest BCUT2D eigenvalue weighted by atomic mass is 32.4. The summed E-state index contributed by atoms with van der Waals surface area (Å²) in [6.45, 7) is 0. The predicted molar refractivity (Wildman–Crippen MR) is 108 cm³/mol. The zero-order valence-electron chi connectivity index (χ0n) is 12.8. The fourth-order valence-electron chi connectivity index (χ4n) is 2.55. The van der Waals surface area contributed by atoms with Gasteiger partial charge in [-0.15, -0.1) is 11.8 Å². The summed E-state index contributed by atoms with van der Waals surface area (Å²) in [5.41, 5.74) is 0. The SMILES string of the molecule is S=P(CCSc1ccccc1)(c1ccccc1)c1ccccc1. The molecule has 0 atom stereocenters. The van der Waals surface area contributed by atoms with E-state index in [0.29, 0.717) is 0 Å². The third kappa shape index (κ3) is 4.14. The second-order valence-corrected chi connectivity index (χ2v) is 11.3. The molecule has 0 aliphatic rings. The van der Waals surface area contributed by atoms with Gasteiger partial charge in [-0.1, -0.05) is 90.7 Å². The molecule has 3 aromatic rings. The van der Waals surface area contributed by atoms with E-state index < -0.39 is 6.04 Å². The van der Waals surface area contributed by atoms with Crippen molar-refractivity contribution >= 4 is 40.2 Å². The van der Waals surface area contributed by atoms with Gasteiger partial charge in [0.2, 0.25) is 0 Å². The van der Waals surface area contributed by atoms with Crippen LogP contribution in [0.1, 0.15) is 0 Å². The van der Waals surface area contributed by atoms with Crippen LogP contribution in [0.4, 0.5) is 0 Å². The number of thioether (sulfide) groups is 1. The number of hydrogen-bond donors (Lipinski definition) is 0. The zero-order valence-corrected chi connectivity index (χ0v) is 15.4. The molecule has 0 bridgehead atoms. The molecule has 3 heteroatoms. The first kappa shape index (κ1) is 16.5. The lowest BCUT2D eigenvalue weighted by Crippen LogP contribution is -2.19. The van der Waals surface area contributed by atoms with Crippen molar-refractivity contribution in [3.05, 3.63) is 91.0 Å². The lowest BCUT2D eigenvalue weighted by atomic mass is 10.4. The topological polar surface area (TPSA) is 0 Å². The van der Waals surface area contributed by atoms with Crippen LogP contribution in [-0.2, 0) is 11.8 Å². The molecule has 23 heavy (non-hydrogen) atoms. The summed E-state index contributed by atoms with van der Waals surface area (Å²) in [7, 11) is 0. The quantitative estimate of drug-likeness (QED) is 0.456. The van der Waals surface area contributed by atoms with Gasteiger partial charge in [0, 0.05) is 16.7 Å². The van der Waals surface area contributed by atoms with Gasteiger partial charge in [-0.3, -0.25) is 0 Å². The third-order valence-corrected chi connectivity index (χ3v) is 10.0. The molecular formula is C20H19PS2. The first-order chi connectivity index (χ1) is 11.3. The van der Waals surface area contributed by atoms with Crippen LogP contribution in [-0.4, -0.2) is 11.9 Å². The number of rotatable bonds is 6. The second-order valence-electron chi connectivity index (χ2n) is 5.30. The van der Waals surface area contributed by atoms with Crippen LogP contribution >= 0.6 is 17.8 Å². The molecule has 0 nitrogen and oxygen atoms in total. The van der Waals surface area contributed by atoms with Crippen molar-refractivity contribution in [1.82, 2.24) is 0 Å². The van der Waals surface area contributed by atoms with Gasteiger partial charge in [-0.2, -0.15) is 0 Å². The zero-order chi connectivity index (χ0) is 16.0. The van der Waals surface area contributed by atoms with Gasteiger partial charge in [0.25, 0.3) is 0 Å². The van der Waals surface area contributed by atoms with Crippen LogP contribution in [0.2, 0.25) is 0 Å². The highest BCUT2D eigenvalue weighted by Gasteiger charge is 2.21. The first-order valence-electron chi connectivity index (χ1n) is 7.67. The van der Waals surface area contributed by atoms with Gasteiger partial charge in [-0.05, 0) is 28.9 Å². The van der Waals surface area contributed by atoms with Gasteiger partial charge < -0.3 is 0 Å². The Morgan fingerprint density at radius 2 is 1.09 bits per heavy atom. The van der Waals surface area contributed by atoms with E-state index in [4.69, 9.17) is 11.8 Å². The Labute approximate surface area is 148 Å². The fourth-order valence-corrected chi connectivity index (χ4v) is 8.06. The molecule has 0 aliphatic heterocycles. The molecule has 0 aromatic heterocycles. The van der Waals surface area contributed by atoms with Crippen LogP contribution in [0.15, 0.2) is 95.9 Å². The van der Waals surface area contributed by atoms with Gasteiger partial charge in [-0.25, -0.2) is 0 Å². The molecule has 116 valence electrons. The van der Waals surface area contributed by atoms with Crippen LogP contribution < -0.4 is 10.6 Å². The summed E-state index contributed by atoms with van der Waals surface area (Å²) in [6.07, 6.45) is 1.04. The summed E-state index contributed by atoms with van der Waals surface area (Å²) < 4.78 is 0. The van der Waals surface area contributed by atoms with E-state index in [9.17, 15) is 0 Å². The standard InChI is InChI=1S/C20H19PS2/c22-21(18-10-4-1-5-11-18,19-12-6-2-7-13-19)16-17-23-20-14-8-3-9-15-20/h1-15H,16-17H2. The molecule has 0 unspecified atom stereocenters. The largest absolute Gasteiger partial charge is 0.126 e. The van der Waals surface area contributed by atoms with Crippen molar-refractivity contribution in [1.29, 1.82) is 0 Å². The maximum atomic E-state index is 6.25. The highest BCUT2D eigenvalue weighted by molar-refractivity contribution is 8.22. The normalized spacial score (nSPS) is 11.3.